The van der Waals surface area contributed by atoms with E-state index in [1.165, 1.54) is 0 Å². The van der Waals surface area contributed by atoms with Crippen LogP contribution in [0.5, 0.6) is 5.75 Å². The Kier molecular flexibility index (Phi) is 9.66. The number of allylic oxidation sites excluding steroid dienone is 1. The fourth-order valence-corrected chi connectivity index (χ4v) is 4.06. The monoisotopic (exact) mass is 588 g/mol. The summed E-state index contributed by atoms with van der Waals surface area (Å²) in [6.07, 6.45) is -9.12. The van der Waals surface area contributed by atoms with Gasteiger partial charge in [-0.25, -0.2) is 9.18 Å². The summed E-state index contributed by atoms with van der Waals surface area (Å²) in [6, 6.07) is 4.50. The minimum absolute atomic E-state index is 0.00895. The predicted octanol–water partition coefficient (Wildman–Crippen LogP) is 6.13. The van der Waals surface area contributed by atoms with Gasteiger partial charge in [0.15, 0.2) is 5.75 Å². The highest BCUT2D eigenvalue weighted by atomic mass is 19.4. The number of aliphatic imine (C=N–C) groups is 1. The molecule has 1 saturated heterocycles. The zero-order valence-corrected chi connectivity index (χ0v) is 22.0. The molecule has 1 unspecified atom stereocenters. The molecule has 1 fully saturated rings. The highest BCUT2D eigenvalue weighted by Crippen LogP contribution is 2.44. The van der Waals surface area contributed by atoms with Crippen molar-refractivity contribution in [2.24, 2.45) is 16.6 Å². The first-order valence-corrected chi connectivity index (χ1v) is 12.3. The van der Waals surface area contributed by atoms with Crippen molar-refractivity contribution in [2.45, 2.75) is 32.1 Å². The van der Waals surface area contributed by atoms with Crippen molar-refractivity contribution in [1.82, 2.24) is 4.90 Å². The van der Waals surface area contributed by atoms with Gasteiger partial charge in [0.2, 0.25) is 5.91 Å². The van der Waals surface area contributed by atoms with Crippen LogP contribution in [-0.2, 0) is 17.1 Å². The average molecular weight is 589 g/mol. The molecule has 7 nitrogen and oxygen atoms in total. The van der Waals surface area contributed by atoms with E-state index >= 15 is 0 Å². The number of nitrogens with zero attached hydrogens (tertiary/aromatic N) is 3. The lowest BCUT2D eigenvalue weighted by Gasteiger charge is -2.29. The number of hydrogen-bond donors (Lipinski definition) is 1. The van der Waals surface area contributed by atoms with E-state index in [0.29, 0.717) is 19.0 Å². The number of amides is 2. The summed E-state index contributed by atoms with van der Waals surface area (Å²) in [6.45, 7) is 2.61. The molecule has 2 aromatic rings. The van der Waals surface area contributed by atoms with Gasteiger partial charge in [-0.15, -0.1) is 0 Å². The fraction of sp³-hybridized carbons (Fsp3) is 0.370. The molecule has 3 rings (SSSR count). The van der Waals surface area contributed by atoms with Crippen molar-refractivity contribution >= 4 is 29.5 Å². The van der Waals surface area contributed by atoms with E-state index in [1.807, 2.05) is 6.92 Å². The Morgan fingerprint density at radius 2 is 1.80 bits per heavy atom. The first kappa shape index (κ1) is 31.4. The minimum atomic E-state index is -5.37. The number of hydrogen-bond acceptors (Lipinski definition) is 5. The molecule has 41 heavy (non-hydrogen) atoms. The maximum atomic E-state index is 14.0. The molecular weight excluding hydrogens is 561 g/mol. The Balaban J connectivity index is 1.99. The van der Waals surface area contributed by atoms with E-state index < -0.39 is 52.3 Å². The van der Waals surface area contributed by atoms with E-state index in [1.54, 1.807) is 4.90 Å². The standard InChI is InChI=1S/C27H27F7N4O3/c1-16-7-9-38(23(39)11-16)10-8-36-15-17(14-35)21-12-18(26(29,30)31)13-22(27(32,33)34)24(21)41-25(40)37(2)20-5-3-19(28)4-6-20/h3-6,12-16H,7-11,35H2,1-2H3. The van der Waals surface area contributed by atoms with Gasteiger partial charge < -0.3 is 15.4 Å². The number of piperidine rings is 1. The van der Waals surface area contributed by atoms with E-state index in [0.717, 1.165) is 55.0 Å². The maximum Gasteiger partial charge on any atom is 0.420 e. The number of benzene rings is 2. The Morgan fingerprint density at radius 3 is 2.37 bits per heavy atom. The SMILES string of the molecule is CC1CCN(CCN=CC(=CN)c2cc(C(F)(F)F)cc(C(F)(F)F)c2OC(=O)N(C)c2ccc(F)cc2)C(=O)C1. The first-order chi connectivity index (χ1) is 19.1. The second kappa shape index (κ2) is 12.6. The fourth-order valence-electron chi connectivity index (χ4n) is 4.06. The molecule has 14 heteroatoms. The van der Waals surface area contributed by atoms with Gasteiger partial charge >= 0.3 is 18.4 Å². The normalized spacial score (nSPS) is 16.8. The van der Waals surface area contributed by atoms with Gasteiger partial charge in [-0.2, -0.15) is 26.3 Å². The van der Waals surface area contributed by atoms with Crippen LogP contribution in [0.25, 0.3) is 5.57 Å². The van der Waals surface area contributed by atoms with Crippen molar-refractivity contribution in [3.63, 3.8) is 0 Å². The number of alkyl halides is 6. The Morgan fingerprint density at radius 1 is 1.15 bits per heavy atom. The average Bonchev–Trinajstić information content (AvgIpc) is 2.88. The molecule has 0 radical (unpaired) electrons. The topological polar surface area (TPSA) is 88.2 Å². The second-order valence-corrected chi connectivity index (χ2v) is 9.44. The quantitative estimate of drug-likeness (QED) is 0.312. The smallest absolute Gasteiger partial charge is 0.409 e. The summed E-state index contributed by atoms with van der Waals surface area (Å²) in [5, 5.41) is 0. The number of halogens is 7. The second-order valence-electron chi connectivity index (χ2n) is 9.44. The summed E-state index contributed by atoms with van der Waals surface area (Å²) < 4.78 is 101. The lowest BCUT2D eigenvalue weighted by molar-refractivity contribution is -0.143. The Hall–Kier alpha value is -4.10. The molecule has 1 aliphatic rings. The minimum Gasteiger partial charge on any atom is -0.409 e. The molecule has 0 aromatic heterocycles. The van der Waals surface area contributed by atoms with Crippen molar-refractivity contribution in [3.8, 4) is 5.75 Å². The van der Waals surface area contributed by atoms with Crippen LogP contribution in [0.4, 0.5) is 41.2 Å². The van der Waals surface area contributed by atoms with Gasteiger partial charge in [-0.1, -0.05) is 6.92 Å². The molecule has 0 bridgehead atoms. The number of ether oxygens (including phenoxy) is 1. The number of carbonyl (C=O) groups is 2. The van der Waals surface area contributed by atoms with Crippen molar-refractivity contribution in [3.05, 3.63) is 65.1 Å². The zero-order chi connectivity index (χ0) is 30.5. The van der Waals surface area contributed by atoms with E-state index in [2.05, 4.69) is 4.99 Å². The van der Waals surface area contributed by atoms with Gasteiger partial charge in [0, 0.05) is 55.8 Å². The maximum absolute atomic E-state index is 14.0. The predicted molar refractivity (Wildman–Crippen MR) is 138 cm³/mol. The number of rotatable bonds is 7. The van der Waals surface area contributed by atoms with Crippen LogP contribution in [-0.4, -0.2) is 49.8 Å². The molecule has 1 aliphatic heterocycles. The third-order valence-corrected chi connectivity index (χ3v) is 6.39. The third kappa shape index (κ3) is 7.98. The first-order valence-electron chi connectivity index (χ1n) is 12.3. The summed E-state index contributed by atoms with van der Waals surface area (Å²) in [7, 11) is 1.12. The van der Waals surface area contributed by atoms with E-state index in [-0.39, 0.29) is 36.7 Å². The van der Waals surface area contributed by atoms with E-state index in [4.69, 9.17) is 10.5 Å². The van der Waals surface area contributed by atoms with Gasteiger partial charge in [-0.05, 0) is 48.7 Å². The molecule has 0 spiro atoms. The summed E-state index contributed by atoms with van der Waals surface area (Å²) in [4.78, 5) is 31.3. The number of nitrogens with two attached hydrogens (primary N) is 1. The van der Waals surface area contributed by atoms with Crippen molar-refractivity contribution < 1.29 is 45.1 Å². The Bertz CT molecular complexity index is 1320. The number of likely N-dealkylation sites (tertiary alicyclic amines) is 1. The summed E-state index contributed by atoms with van der Waals surface area (Å²) >= 11 is 0. The van der Waals surface area contributed by atoms with Gasteiger partial charge in [0.1, 0.15) is 5.82 Å². The zero-order valence-electron chi connectivity index (χ0n) is 22.0. The lowest BCUT2D eigenvalue weighted by Crippen LogP contribution is -2.39. The lowest BCUT2D eigenvalue weighted by atomic mass is 9.98. The highest BCUT2D eigenvalue weighted by Gasteiger charge is 2.41. The van der Waals surface area contributed by atoms with Crippen LogP contribution < -0.4 is 15.4 Å². The molecule has 0 saturated carbocycles. The molecule has 0 aliphatic carbocycles. The van der Waals surface area contributed by atoms with Gasteiger partial charge in [-0.3, -0.25) is 14.7 Å². The van der Waals surface area contributed by atoms with Crippen LogP contribution in [0.15, 0.2) is 47.6 Å². The van der Waals surface area contributed by atoms with E-state index in [9.17, 15) is 40.3 Å². The molecule has 2 N–H and O–H groups in total. The van der Waals surface area contributed by atoms with Crippen LogP contribution in [0, 0.1) is 11.7 Å². The van der Waals surface area contributed by atoms with Crippen LogP contribution in [0.2, 0.25) is 0 Å². The Labute approximate surface area is 231 Å². The van der Waals surface area contributed by atoms with Crippen LogP contribution in [0.1, 0.15) is 36.5 Å². The van der Waals surface area contributed by atoms with Gasteiger partial charge in [0.25, 0.3) is 0 Å². The third-order valence-electron chi connectivity index (χ3n) is 6.39. The van der Waals surface area contributed by atoms with Crippen molar-refractivity contribution in [2.75, 3.05) is 31.6 Å². The summed E-state index contributed by atoms with van der Waals surface area (Å²) in [5.41, 5.74) is 0.905. The molecule has 2 amide bonds. The summed E-state index contributed by atoms with van der Waals surface area (Å²) in [5.74, 6) is -1.72. The van der Waals surface area contributed by atoms with Gasteiger partial charge in [0.05, 0.1) is 17.7 Å². The largest absolute Gasteiger partial charge is 0.420 e. The van der Waals surface area contributed by atoms with Crippen molar-refractivity contribution in [1.29, 1.82) is 0 Å². The molecule has 222 valence electrons. The number of anilines is 1. The van der Waals surface area contributed by atoms with Crippen LogP contribution in [0.3, 0.4) is 0 Å². The number of carbonyl (C=O) groups excluding carboxylic acids is 2. The molecule has 1 atom stereocenters. The van der Waals surface area contributed by atoms with Crippen LogP contribution >= 0.6 is 0 Å². The molecule has 1 heterocycles. The molecule has 2 aromatic carbocycles. The molecular formula is C27H27F7N4O3. The highest BCUT2D eigenvalue weighted by molar-refractivity contribution is 6.11.